The second-order valence-corrected chi connectivity index (χ2v) is 6.51. The SMILES string of the molecule is CCc1cn(P(O)CCP(=O)(O)O)cn1. The van der Waals surface area contributed by atoms with Crippen LogP contribution in [0, 0.1) is 0 Å². The van der Waals surface area contributed by atoms with Gasteiger partial charge in [0.15, 0.2) is 0 Å². The number of imidazole rings is 1. The molecule has 0 aromatic carbocycles. The maximum absolute atomic E-state index is 10.6. The molecule has 1 aromatic heterocycles. The topological polar surface area (TPSA) is 95.6 Å². The highest BCUT2D eigenvalue weighted by Crippen LogP contribution is 2.41. The fourth-order valence-electron chi connectivity index (χ4n) is 0.997. The largest absolute Gasteiger partial charge is 0.354 e. The summed E-state index contributed by atoms with van der Waals surface area (Å²) < 4.78 is 12.1. The molecule has 0 bridgehead atoms. The second-order valence-electron chi connectivity index (χ2n) is 3.08. The standard InChI is InChI=1S/C7H14N2O4P2/c1-2-7-5-9(6-8-7)14(10)3-4-15(11,12)13/h5-6,10H,2-4H2,1H3,(H2,11,12,13). The van der Waals surface area contributed by atoms with E-state index in [0.717, 1.165) is 12.1 Å². The Bertz CT molecular complexity index is 362. The summed E-state index contributed by atoms with van der Waals surface area (Å²) in [5.74, 6) is 0. The summed E-state index contributed by atoms with van der Waals surface area (Å²) in [5.41, 5.74) is 0.854. The van der Waals surface area contributed by atoms with E-state index in [1.165, 1.54) is 10.7 Å². The Balaban J connectivity index is 2.53. The van der Waals surface area contributed by atoms with Crippen LogP contribution in [0.3, 0.4) is 0 Å². The third-order valence-corrected chi connectivity index (χ3v) is 4.38. The minimum absolute atomic E-state index is 0.0825. The molecule has 1 atom stereocenters. The van der Waals surface area contributed by atoms with E-state index in [-0.39, 0.29) is 12.3 Å². The van der Waals surface area contributed by atoms with Gasteiger partial charge in [-0.05, 0) is 6.42 Å². The zero-order chi connectivity index (χ0) is 11.5. The summed E-state index contributed by atoms with van der Waals surface area (Å²) in [4.78, 5) is 31.0. The summed E-state index contributed by atoms with van der Waals surface area (Å²) in [6.07, 6.45) is 3.75. The van der Waals surface area contributed by atoms with Crippen molar-refractivity contribution in [3.05, 3.63) is 18.2 Å². The van der Waals surface area contributed by atoms with Crippen LogP contribution in [0.4, 0.5) is 0 Å². The molecular formula is C7H14N2O4P2. The fourth-order valence-corrected chi connectivity index (χ4v) is 3.42. The van der Waals surface area contributed by atoms with Gasteiger partial charge in [-0.2, -0.15) is 0 Å². The Hall–Kier alpha value is -0.250. The molecule has 0 aliphatic carbocycles. The molecule has 0 fully saturated rings. The van der Waals surface area contributed by atoms with E-state index in [0.29, 0.717) is 0 Å². The van der Waals surface area contributed by atoms with E-state index in [2.05, 4.69) is 4.98 Å². The first-order chi connectivity index (χ1) is 6.92. The Morgan fingerprint density at radius 3 is 2.73 bits per heavy atom. The van der Waals surface area contributed by atoms with Gasteiger partial charge in [-0.15, -0.1) is 0 Å². The van der Waals surface area contributed by atoms with Gasteiger partial charge in [0.2, 0.25) is 0 Å². The zero-order valence-electron chi connectivity index (χ0n) is 8.31. The van der Waals surface area contributed by atoms with E-state index in [9.17, 15) is 9.46 Å². The molecule has 0 aliphatic heterocycles. The van der Waals surface area contributed by atoms with Gasteiger partial charge < -0.3 is 14.7 Å². The van der Waals surface area contributed by atoms with Crippen molar-refractivity contribution in [2.75, 3.05) is 12.3 Å². The first-order valence-corrected chi connectivity index (χ1v) is 7.69. The van der Waals surface area contributed by atoms with E-state index >= 15 is 0 Å². The molecule has 1 rings (SSSR count). The molecule has 1 heterocycles. The van der Waals surface area contributed by atoms with Crippen molar-refractivity contribution in [2.24, 2.45) is 0 Å². The zero-order valence-corrected chi connectivity index (χ0v) is 10.1. The van der Waals surface area contributed by atoms with Crippen molar-refractivity contribution in [2.45, 2.75) is 13.3 Å². The maximum Gasteiger partial charge on any atom is 0.326 e. The molecule has 3 N–H and O–H groups in total. The van der Waals surface area contributed by atoms with Crippen LogP contribution in [0.15, 0.2) is 12.5 Å². The molecule has 15 heavy (non-hydrogen) atoms. The number of aryl methyl sites for hydroxylation is 1. The normalized spacial score (nSPS) is 14.1. The highest BCUT2D eigenvalue weighted by Gasteiger charge is 2.17. The molecule has 1 unspecified atom stereocenters. The molecule has 0 saturated carbocycles. The molecular weight excluding hydrogens is 238 g/mol. The smallest absolute Gasteiger partial charge is 0.326 e. The number of hydrogen-bond donors (Lipinski definition) is 3. The van der Waals surface area contributed by atoms with Gasteiger partial charge in [-0.25, -0.2) is 4.98 Å². The van der Waals surface area contributed by atoms with Crippen LogP contribution in [-0.4, -0.2) is 36.3 Å². The Morgan fingerprint density at radius 1 is 1.60 bits per heavy atom. The third-order valence-electron chi connectivity index (χ3n) is 1.84. The molecule has 86 valence electrons. The summed E-state index contributed by atoms with van der Waals surface area (Å²) in [7, 11) is -5.58. The maximum atomic E-state index is 10.6. The first kappa shape index (κ1) is 12.8. The summed E-state index contributed by atoms with van der Waals surface area (Å²) >= 11 is 0. The summed E-state index contributed by atoms with van der Waals surface area (Å²) in [5, 5.41) is 0. The molecule has 0 spiro atoms. The van der Waals surface area contributed by atoms with Gasteiger partial charge in [0.1, 0.15) is 8.30 Å². The Kier molecular flexibility index (Phi) is 4.44. The lowest BCUT2D eigenvalue weighted by molar-refractivity contribution is 0.374. The summed E-state index contributed by atoms with van der Waals surface area (Å²) in [6.45, 7) is 1.95. The Morgan fingerprint density at radius 2 is 2.27 bits per heavy atom. The van der Waals surface area contributed by atoms with Gasteiger partial charge in [-0.1, -0.05) is 6.92 Å². The predicted molar refractivity (Wildman–Crippen MR) is 57.9 cm³/mol. The number of hydrogen-bond acceptors (Lipinski definition) is 3. The molecule has 6 nitrogen and oxygen atoms in total. The highest BCUT2D eigenvalue weighted by molar-refractivity contribution is 7.55. The van der Waals surface area contributed by atoms with Crippen molar-refractivity contribution in [3.63, 3.8) is 0 Å². The lowest BCUT2D eigenvalue weighted by Crippen LogP contribution is -1.98. The lowest BCUT2D eigenvalue weighted by atomic mass is 10.4. The van der Waals surface area contributed by atoms with Gasteiger partial charge in [-0.3, -0.25) is 8.90 Å². The molecule has 0 radical (unpaired) electrons. The van der Waals surface area contributed by atoms with Crippen molar-refractivity contribution in [1.29, 1.82) is 0 Å². The minimum Gasteiger partial charge on any atom is -0.354 e. The predicted octanol–water partition coefficient (Wildman–Crippen LogP) is 0.775. The number of rotatable bonds is 5. The van der Waals surface area contributed by atoms with Crippen molar-refractivity contribution < 1.29 is 19.2 Å². The highest BCUT2D eigenvalue weighted by atomic mass is 31.2. The average Bonchev–Trinajstić information content (AvgIpc) is 2.61. The Labute approximate surface area is 89.0 Å². The molecule has 0 aliphatic rings. The van der Waals surface area contributed by atoms with Crippen LogP contribution in [0.25, 0.3) is 0 Å². The van der Waals surface area contributed by atoms with E-state index in [1.807, 2.05) is 6.92 Å². The van der Waals surface area contributed by atoms with Crippen LogP contribution >= 0.6 is 15.9 Å². The van der Waals surface area contributed by atoms with Crippen LogP contribution < -0.4 is 0 Å². The van der Waals surface area contributed by atoms with Gasteiger partial charge in [0.05, 0.1) is 18.2 Å². The van der Waals surface area contributed by atoms with Crippen LogP contribution in [0.5, 0.6) is 0 Å². The van der Waals surface area contributed by atoms with Gasteiger partial charge >= 0.3 is 7.60 Å². The molecule has 0 amide bonds. The van der Waals surface area contributed by atoms with Gasteiger partial charge in [0, 0.05) is 12.4 Å². The fraction of sp³-hybridized carbons (Fsp3) is 0.571. The summed E-state index contributed by atoms with van der Waals surface area (Å²) in [6, 6.07) is 0. The number of nitrogens with zero attached hydrogens (tertiary/aromatic N) is 2. The number of aromatic nitrogens is 2. The van der Waals surface area contributed by atoms with E-state index in [1.54, 1.807) is 6.20 Å². The van der Waals surface area contributed by atoms with Crippen LogP contribution in [-0.2, 0) is 11.0 Å². The molecule has 8 heteroatoms. The van der Waals surface area contributed by atoms with Crippen LogP contribution in [0.1, 0.15) is 12.6 Å². The van der Waals surface area contributed by atoms with Crippen molar-refractivity contribution in [1.82, 2.24) is 9.32 Å². The monoisotopic (exact) mass is 252 g/mol. The van der Waals surface area contributed by atoms with Crippen molar-refractivity contribution >= 4 is 15.9 Å². The minimum atomic E-state index is -4.02. The second kappa shape index (κ2) is 5.19. The third kappa shape index (κ3) is 4.41. The van der Waals surface area contributed by atoms with Crippen LogP contribution in [0.2, 0.25) is 0 Å². The quantitative estimate of drug-likeness (QED) is 0.673. The van der Waals surface area contributed by atoms with Gasteiger partial charge in [0.25, 0.3) is 0 Å². The average molecular weight is 252 g/mol. The van der Waals surface area contributed by atoms with Crippen molar-refractivity contribution in [3.8, 4) is 0 Å². The van der Waals surface area contributed by atoms with E-state index in [4.69, 9.17) is 9.79 Å². The molecule has 0 saturated heterocycles. The molecule has 1 aromatic rings. The lowest BCUT2D eigenvalue weighted by Gasteiger charge is -2.11. The first-order valence-electron chi connectivity index (χ1n) is 4.46. The van der Waals surface area contributed by atoms with E-state index < -0.39 is 15.9 Å².